The normalized spacial score (nSPS) is 13.5. The van der Waals surface area contributed by atoms with E-state index in [1.807, 2.05) is 6.21 Å². The van der Waals surface area contributed by atoms with E-state index in [1.54, 1.807) is 36.9 Å². The summed E-state index contributed by atoms with van der Waals surface area (Å²) in [6, 6.07) is 3.37. The van der Waals surface area contributed by atoms with E-state index in [-0.39, 0.29) is 11.5 Å². The molecule has 22 heavy (non-hydrogen) atoms. The number of aromatic nitrogens is 3. The third-order valence-electron chi connectivity index (χ3n) is 3.16. The zero-order valence-corrected chi connectivity index (χ0v) is 11.7. The first-order valence-corrected chi connectivity index (χ1v) is 6.79. The molecular formula is C15H14N6O. The lowest BCUT2D eigenvalue weighted by Crippen LogP contribution is -2.17. The van der Waals surface area contributed by atoms with Gasteiger partial charge < -0.3 is 11.1 Å². The number of amides is 1. The van der Waals surface area contributed by atoms with Crippen LogP contribution in [0.5, 0.6) is 0 Å². The van der Waals surface area contributed by atoms with Gasteiger partial charge in [0, 0.05) is 30.5 Å². The Balaban J connectivity index is 1.88. The van der Waals surface area contributed by atoms with Crippen molar-refractivity contribution in [2.24, 2.45) is 4.99 Å². The minimum atomic E-state index is -0.405. The van der Waals surface area contributed by atoms with Gasteiger partial charge in [0.2, 0.25) is 0 Å². The number of hydrogen-bond acceptors (Lipinski definition) is 6. The van der Waals surface area contributed by atoms with Crippen LogP contribution in [0, 0.1) is 0 Å². The summed E-state index contributed by atoms with van der Waals surface area (Å²) >= 11 is 0. The molecule has 2 aromatic rings. The first-order valence-electron chi connectivity index (χ1n) is 6.79. The van der Waals surface area contributed by atoms with Crippen LogP contribution in [-0.2, 0) is 0 Å². The molecule has 0 atom stereocenters. The van der Waals surface area contributed by atoms with E-state index >= 15 is 0 Å². The van der Waals surface area contributed by atoms with E-state index < -0.39 is 5.91 Å². The number of nitrogens with two attached hydrogens (primary N) is 1. The second-order valence-electron chi connectivity index (χ2n) is 4.70. The maximum absolute atomic E-state index is 12.3. The van der Waals surface area contributed by atoms with Gasteiger partial charge >= 0.3 is 0 Å². The van der Waals surface area contributed by atoms with Crippen molar-refractivity contribution in [3.63, 3.8) is 0 Å². The Hall–Kier alpha value is -3.09. The Morgan fingerprint density at radius 3 is 2.82 bits per heavy atom. The van der Waals surface area contributed by atoms with Crippen molar-refractivity contribution < 1.29 is 4.79 Å². The fraction of sp³-hybridized carbons (Fsp3) is 0.133. The average Bonchev–Trinajstić information content (AvgIpc) is 2.57. The number of carbonyl (C=O) groups excluding carboxylic acids is 1. The minimum Gasteiger partial charge on any atom is -0.382 e. The maximum Gasteiger partial charge on any atom is 0.278 e. The molecule has 0 bridgehead atoms. The van der Waals surface area contributed by atoms with Crippen LogP contribution in [0.1, 0.15) is 29.0 Å². The van der Waals surface area contributed by atoms with Crippen LogP contribution in [0.3, 0.4) is 0 Å². The standard InChI is InChI=1S/C15H14N6O/c16-14-13(15(22)20-11-3-6-17-7-4-11)21-12(9-19-14)10-2-1-5-18-8-10/h3-9H,1-2H2,(H2,16,19)(H,17,20,22). The van der Waals surface area contributed by atoms with Gasteiger partial charge in [0.25, 0.3) is 5.91 Å². The molecule has 0 spiro atoms. The van der Waals surface area contributed by atoms with Crippen molar-refractivity contribution in [1.82, 2.24) is 15.0 Å². The Morgan fingerprint density at radius 2 is 2.09 bits per heavy atom. The molecule has 7 nitrogen and oxygen atoms in total. The predicted molar refractivity (Wildman–Crippen MR) is 84.3 cm³/mol. The smallest absolute Gasteiger partial charge is 0.278 e. The second kappa shape index (κ2) is 6.13. The number of rotatable bonds is 3. The number of carbonyl (C=O) groups is 1. The number of nitrogen functional groups attached to an aromatic ring is 1. The van der Waals surface area contributed by atoms with Gasteiger partial charge in [0.1, 0.15) is 0 Å². The fourth-order valence-electron chi connectivity index (χ4n) is 2.04. The third kappa shape index (κ3) is 2.98. The number of hydrogen-bond donors (Lipinski definition) is 2. The van der Waals surface area contributed by atoms with Crippen LogP contribution in [0.2, 0.25) is 0 Å². The molecule has 0 aliphatic carbocycles. The summed E-state index contributed by atoms with van der Waals surface area (Å²) in [6.45, 7) is 0. The van der Waals surface area contributed by atoms with Gasteiger partial charge in [-0.25, -0.2) is 9.97 Å². The Labute approximate surface area is 127 Å². The highest BCUT2D eigenvalue weighted by Gasteiger charge is 2.16. The molecule has 0 fully saturated rings. The van der Waals surface area contributed by atoms with E-state index in [0.717, 1.165) is 18.4 Å². The third-order valence-corrected chi connectivity index (χ3v) is 3.16. The maximum atomic E-state index is 12.3. The minimum absolute atomic E-state index is 0.0928. The summed E-state index contributed by atoms with van der Waals surface area (Å²) in [5, 5.41) is 2.72. The SMILES string of the molecule is Nc1ncc(C2=CN=CCC2)nc1C(=O)Nc1ccncc1. The van der Waals surface area contributed by atoms with Crippen molar-refractivity contribution in [3.05, 3.63) is 48.3 Å². The van der Waals surface area contributed by atoms with Gasteiger partial charge in [-0.2, -0.15) is 0 Å². The lowest BCUT2D eigenvalue weighted by atomic mass is 10.1. The van der Waals surface area contributed by atoms with Crippen LogP contribution >= 0.6 is 0 Å². The van der Waals surface area contributed by atoms with E-state index in [2.05, 4.69) is 25.3 Å². The molecule has 0 radical (unpaired) electrons. The van der Waals surface area contributed by atoms with Crippen molar-refractivity contribution >= 4 is 29.2 Å². The van der Waals surface area contributed by atoms with Gasteiger partial charge in [-0.15, -0.1) is 0 Å². The van der Waals surface area contributed by atoms with Gasteiger partial charge in [-0.1, -0.05) is 0 Å². The molecule has 0 saturated heterocycles. The zero-order chi connectivity index (χ0) is 15.4. The number of allylic oxidation sites excluding steroid dienone is 1. The molecule has 1 aliphatic heterocycles. The molecule has 0 saturated carbocycles. The average molecular weight is 294 g/mol. The highest BCUT2D eigenvalue weighted by Crippen LogP contribution is 2.21. The topological polar surface area (TPSA) is 106 Å². The zero-order valence-electron chi connectivity index (χ0n) is 11.7. The van der Waals surface area contributed by atoms with E-state index in [4.69, 9.17) is 5.73 Å². The molecular weight excluding hydrogens is 280 g/mol. The molecule has 3 rings (SSSR count). The quantitative estimate of drug-likeness (QED) is 0.899. The second-order valence-corrected chi connectivity index (χ2v) is 4.70. The van der Waals surface area contributed by atoms with Crippen molar-refractivity contribution in [2.75, 3.05) is 11.1 Å². The van der Waals surface area contributed by atoms with Crippen LogP contribution in [-0.4, -0.2) is 27.1 Å². The Kier molecular flexibility index (Phi) is 3.86. The fourth-order valence-corrected chi connectivity index (χ4v) is 2.04. The van der Waals surface area contributed by atoms with E-state index in [0.29, 0.717) is 11.4 Å². The van der Waals surface area contributed by atoms with Crippen molar-refractivity contribution in [3.8, 4) is 0 Å². The van der Waals surface area contributed by atoms with Gasteiger partial charge in [-0.05, 0) is 30.5 Å². The lowest BCUT2D eigenvalue weighted by Gasteiger charge is -2.10. The largest absolute Gasteiger partial charge is 0.382 e. The van der Waals surface area contributed by atoms with Gasteiger partial charge in [0.15, 0.2) is 11.5 Å². The molecule has 0 aromatic carbocycles. The van der Waals surface area contributed by atoms with Crippen molar-refractivity contribution in [2.45, 2.75) is 12.8 Å². The first-order chi connectivity index (χ1) is 10.7. The molecule has 0 unspecified atom stereocenters. The van der Waals surface area contributed by atoms with Crippen molar-refractivity contribution in [1.29, 1.82) is 0 Å². The number of nitrogens with zero attached hydrogens (tertiary/aromatic N) is 4. The summed E-state index contributed by atoms with van der Waals surface area (Å²) in [7, 11) is 0. The molecule has 2 aromatic heterocycles. The van der Waals surface area contributed by atoms with E-state index in [9.17, 15) is 4.79 Å². The molecule has 1 aliphatic rings. The Bertz CT molecular complexity index is 754. The first kappa shape index (κ1) is 13.9. The summed E-state index contributed by atoms with van der Waals surface area (Å²) in [5.74, 6) is -0.312. The monoisotopic (exact) mass is 294 g/mol. The highest BCUT2D eigenvalue weighted by molar-refractivity contribution is 6.05. The summed E-state index contributed by atoms with van der Waals surface area (Å²) in [6.07, 6.45) is 9.96. The highest BCUT2D eigenvalue weighted by atomic mass is 16.1. The summed E-state index contributed by atoms with van der Waals surface area (Å²) in [5.41, 5.74) is 8.05. The number of nitrogens with one attached hydrogen (secondary N) is 1. The van der Waals surface area contributed by atoms with Crippen LogP contribution in [0.25, 0.3) is 5.57 Å². The van der Waals surface area contributed by atoms with Gasteiger partial charge in [-0.3, -0.25) is 14.8 Å². The molecule has 7 heteroatoms. The molecule has 110 valence electrons. The van der Waals surface area contributed by atoms with Gasteiger partial charge in [0.05, 0.1) is 11.9 Å². The predicted octanol–water partition coefficient (Wildman–Crippen LogP) is 1.91. The molecule has 3 heterocycles. The Morgan fingerprint density at radius 1 is 1.27 bits per heavy atom. The van der Waals surface area contributed by atoms with Crippen LogP contribution in [0.15, 0.2) is 41.9 Å². The van der Waals surface area contributed by atoms with Crippen LogP contribution in [0.4, 0.5) is 11.5 Å². The number of aliphatic imine (C=N–C) groups is 1. The summed E-state index contributed by atoms with van der Waals surface area (Å²) < 4.78 is 0. The molecule has 3 N–H and O–H groups in total. The van der Waals surface area contributed by atoms with E-state index in [1.165, 1.54) is 0 Å². The number of pyridine rings is 1. The number of anilines is 2. The molecule has 1 amide bonds. The summed E-state index contributed by atoms with van der Waals surface area (Å²) in [4.78, 5) is 28.7. The van der Waals surface area contributed by atoms with Crippen LogP contribution < -0.4 is 11.1 Å². The lowest BCUT2D eigenvalue weighted by molar-refractivity contribution is 0.102.